The lowest BCUT2D eigenvalue weighted by molar-refractivity contribution is 0.374. The zero-order valence-corrected chi connectivity index (χ0v) is 21.5. The molecule has 0 saturated carbocycles. The molecule has 0 amide bonds. The summed E-state index contributed by atoms with van der Waals surface area (Å²) in [4.78, 5) is 9.39. The quantitative estimate of drug-likeness (QED) is 0.242. The van der Waals surface area contributed by atoms with Crippen LogP contribution in [-0.2, 0) is 10.8 Å². The van der Waals surface area contributed by atoms with Gasteiger partial charge < -0.3 is 8.83 Å². The van der Waals surface area contributed by atoms with Crippen LogP contribution >= 0.6 is 0 Å². The van der Waals surface area contributed by atoms with Crippen LogP contribution < -0.4 is 0 Å². The minimum absolute atomic E-state index is 0.0999. The monoisotopic (exact) mass is 464 g/mol. The largest absolute Gasteiger partial charge is 0.440 e. The van der Waals surface area contributed by atoms with E-state index < -0.39 is 0 Å². The van der Waals surface area contributed by atoms with Gasteiger partial charge in [-0.2, -0.15) is 4.98 Å². The lowest BCUT2D eigenvalue weighted by Gasteiger charge is -2.25. The predicted octanol–water partition coefficient (Wildman–Crippen LogP) is 8.67. The van der Waals surface area contributed by atoms with E-state index in [0.29, 0.717) is 17.0 Å². The summed E-state index contributed by atoms with van der Waals surface area (Å²) in [5.74, 6) is 1.37. The Morgan fingerprint density at radius 3 is 2.40 bits per heavy atom. The second kappa shape index (κ2) is 8.57. The first kappa shape index (κ1) is 23.2. The van der Waals surface area contributed by atoms with Gasteiger partial charge in [0.25, 0.3) is 0 Å². The van der Waals surface area contributed by atoms with Crippen molar-refractivity contribution in [1.29, 1.82) is 0 Å². The fourth-order valence-corrected chi connectivity index (χ4v) is 4.47. The maximum Gasteiger partial charge on any atom is 0.227 e. The maximum absolute atomic E-state index is 6.20. The number of fused-ring (bicyclic) bond motifs is 2. The van der Waals surface area contributed by atoms with Gasteiger partial charge in [-0.05, 0) is 59.7 Å². The fourth-order valence-electron chi connectivity index (χ4n) is 4.47. The molecule has 0 atom stereocenters. The third kappa shape index (κ3) is 4.32. The molecule has 178 valence electrons. The molecule has 5 aromatic rings. The van der Waals surface area contributed by atoms with Gasteiger partial charge in [0.15, 0.2) is 16.7 Å². The summed E-state index contributed by atoms with van der Waals surface area (Å²) in [5, 5.41) is 0. The average Bonchev–Trinajstić information content (AvgIpc) is 3.48. The zero-order chi connectivity index (χ0) is 24.8. The van der Waals surface area contributed by atoms with Crippen molar-refractivity contribution in [3.63, 3.8) is 0 Å². The van der Waals surface area contributed by atoms with Crippen LogP contribution in [0.25, 0.3) is 44.8 Å². The molecular weight excluding hydrogens is 432 g/mol. The van der Waals surface area contributed by atoms with E-state index in [1.54, 1.807) is 0 Å². The topological polar surface area (TPSA) is 52.1 Å². The van der Waals surface area contributed by atoms with Gasteiger partial charge in [-0.1, -0.05) is 72.2 Å². The molecule has 4 nitrogen and oxygen atoms in total. The first-order valence-corrected chi connectivity index (χ1v) is 12.5. The summed E-state index contributed by atoms with van der Waals surface area (Å²) in [5.41, 5.74) is 7.15. The van der Waals surface area contributed by atoms with E-state index in [0.717, 1.165) is 52.9 Å². The van der Waals surface area contributed by atoms with Gasteiger partial charge >= 0.3 is 0 Å². The smallest absolute Gasteiger partial charge is 0.227 e. The second-order valence-corrected chi connectivity index (χ2v) is 10.7. The summed E-state index contributed by atoms with van der Waals surface area (Å²) in [6, 6.07) is 23.0. The first-order chi connectivity index (χ1) is 16.7. The van der Waals surface area contributed by atoms with Gasteiger partial charge in [0.05, 0.1) is 0 Å². The molecule has 3 aromatic carbocycles. The van der Waals surface area contributed by atoms with Gasteiger partial charge in [-0.25, -0.2) is 4.98 Å². The van der Waals surface area contributed by atoms with Crippen molar-refractivity contribution in [3.05, 3.63) is 72.1 Å². The van der Waals surface area contributed by atoms with Crippen LogP contribution in [0.3, 0.4) is 0 Å². The van der Waals surface area contributed by atoms with Gasteiger partial charge in [-0.15, -0.1) is 0 Å². The van der Waals surface area contributed by atoms with E-state index in [1.165, 1.54) is 5.56 Å². The highest BCUT2D eigenvalue weighted by Gasteiger charge is 2.25. The molecule has 5 rings (SSSR count). The highest BCUT2D eigenvalue weighted by molar-refractivity contribution is 5.84. The van der Waals surface area contributed by atoms with Crippen LogP contribution in [0, 0.1) is 12.1 Å². The normalized spacial score (nSPS) is 12.4. The van der Waals surface area contributed by atoms with Gasteiger partial charge in [0.2, 0.25) is 11.8 Å². The third-order valence-electron chi connectivity index (χ3n) is 7.17. The van der Waals surface area contributed by atoms with Gasteiger partial charge in [0, 0.05) is 22.6 Å². The summed E-state index contributed by atoms with van der Waals surface area (Å²) in [6.07, 6.45) is 3.23. The molecule has 0 fully saturated rings. The van der Waals surface area contributed by atoms with E-state index in [2.05, 4.69) is 71.9 Å². The molecule has 0 aliphatic rings. The van der Waals surface area contributed by atoms with Gasteiger partial charge in [-0.3, -0.25) is 0 Å². The Balaban J connectivity index is 1.49. The van der Waals surface area contributed by atoms with Crippen LogP contribution in [0.2, 0.25) is 0 Å². The van der Waals surface area contributed by atoms with E-state index in [1.807, 2.05) is 30.3 Å². The molecule has 0 aliphatic heterocycles. The number of hydrogen-bond acceptors (Lipinski definition) is 4. The zero-order valence-electron chi connectivity index (χ0n) is 21.5. The van der Waals surface area contributed by atoms with Gasteiger partial charge in [0.1, 0.15) is 5.52 Å². The highest BCUT2D eigenvalue weighted by Crippen LogP contribution is 2.34. The van der Waals surface area contributed by atoms with Crippen molar-refractivity contribution in [2.45, 2.75) is 71.6 Å². The minimum atomic E-state index is -0.0999. The molecule has 2 aromatic heterocycles. The molecule has 0 aliphatic carbocycles. The highest BCUT2D eigenvalue weighted by atomic mass is 16.4. The Kier molecular flexibility index (Phi) is 5.68. The van der Waals surface area contributed by atoms with Crippen molar-refractivity contribution < 1.29 is 8.83 Å². The van der Waals surface area contributed by atoms with Crippen LogP contribution in [0.1, 0.15) is 72.3 Å². The molecule has 0 N–H and O–H groups in total. The lowest BCUT2D eigenvalue weighted by atomic mass is 9.80. The lowest BCUT2D eigenvalue weighted by Crippen LogP contribution is -2.16. The van der Waals surface area contributed by atoms with Crippen LogP contribution in [0.15, 0.2) is 57.4 Å². The maximum atomic E-state index is 6.20. The summed E-state index contributed by atoms with van der Waals surface area (Å²) >= 11 is 0. The van der Waals surface area contributed by atoms with Crippen molar-refractivity contribution in [2.75, 3.05) is 0 Å². The van der Waals surface area contributed by atoms with E-state index >= 15 is 0 Å². The Hall–Kier alpha value is -3.58. The molecule has 0 radical (unpaired) electrons. The molecule has 0 spiro atoms. The number of oxazole rings is 2. The Bertz CT molecular complexity index is 1500. The molecule has 0 bridgehead atoms. The molecule has 0 saturated heterocycles. The molecule has 35 heavy (non-hydrogen) atoms. The second-order valence-electron chi connectivity index (χ2n) is 10.7. The van der Waals surface area contributed by atoms with Crippen molar-refractivity contribution in [2.24, 2.45) is 0 Å². The molecule has 0 unspecified atom stereocenters. The van der Waals surface area contributed by atoms with Crippen LogP contribution in [0.5, 0.6) is 0 Å². The average molecular weight is 465 g/mol. The standard InChI is InChI=1S/C31H32N2O2/c1-7-16-31(5,6)23-11-9-10-22(17-23)28-32-24-14-12-20(18-26(24)34-28)21-13-15-25-27(19-21)35-29(33-25)30(3,4)8-2/h9-11,13,15,17-19H,7-8,16H2,1-6H3. The number of aromatic nitrogens is 2. The number of hydrogen-bond donors (Lipinski definition) is 0. The summed E-state index contributed by atoms with van der Waals surface area (Å²) in [7, 11) is 0. The van der Waals surface area contributed by atoms with Crippen molar-refractivity contribution in [3.8, 4) is 22.6 Å². The Morgan fingerprint density at radius 2 is 1.63 bits per heavy atom. The third-order valence-corrected chi connectivity index (χ3v) is 7.17. The number of nitrogens with zero attached hydrogens (tertiary/aromatic N) is 2. The summed E-state index contributed by atoms with van der Waals surface area (Å²) in [6.45, 7) is 13.2. The fraction of sp³-hybridized carbons (Fsp3) is 0.355. The van der Waals surface area contributed by atoms with Crippen molar-refractivity contribution in [1.82, 2.24) is 9.97 Å². The number of benzene rings is 2. The Labute approximate surface area is 207 Å². The summed E-state index contributed by atoms with van der Waals surface area (Å²) < 4.78 is 12.3. The molecule has 4 heteroatoms. The van der Waals surface area contributed by atoms with E-state index in [-0.39, 0.29) is 10.8 Å². The van der Waals surface area contributed by atoms with Crippen molar-refractivity contribution >= 4 is 22.2 Å². The van der Waals surface area contributed by atoms with Crippen LogP contribution in [0.4, 0.5) is 0 Å². The number of rotatable bonds is 7. The molecule has 2 heterocycles. The first-order valence-electron chi connectivity index (χ1n) is 12.5. The molecular formula is C31H32N2O2. The minimum Gasteiger partial charge on any atom is -0.440 e. The van der Waals surface area contributed by atoms with Crippen LogP contribution in [-0.4, -0.2) is 9.97 Å². The van der Waals surface area contributed by atoms with E-state index in [4.69, 9.17) is 18.8 Å². The van der Waals surface area contributed by atoms with E-state index in [9.17, 15) is 0 Å². The predicted molar refractivity (Wildman–Crippen MR) is 141 cm³/mol. The Morgan fingerprint density at radius 1 is 0.800 bits per heavy atom. The SMILES string of the molecule is CCCC(C)(C)c1cccc(-c2nc3c#cc(-c4ccc5nc(C(C)(C)CC)oc5c4)cc3o2)c1.